The lowest BCUT2D eigenvalue weighted by Crippen LogP contribution is -2.29. The van der Waals surface area contributed by atoms with E-state index in [1.165, 1.54) is 10.4 Å². The average molecular weight is 250 g/mol. The zero-order valence-corrected chi connectivity index (χ0v) is 11.0. The zero-order valence-electron chi connectivity index (χ0n) is 10.2. The second-order valence-corrected chi connectivity index (χ2v) is 5.16. The van der Waals surface area contributed by atoms with Crippen LogP contribution in [-0.2, 0) is 6.54 Å². The standard InChI is InChI=1S/C13H18N2OS/c1-10-11(5-6-16-10)9-15(2)12(8-14)13-4-3-7-17-13/h3-7,12H,8-9,14H2,1-2H3. The number of likely N-dealkylation sites (N-methyl/N-ethyl adjacent to an activating group) is 1. The van der Waals surface area contributed by atoms with Crippen molar-refractivity contribution >= 4 is 11.3 Å². The van der Waals surface area contributed by atoms with Crippen LogP contribution in [0.4, 0.5) is 0 Å². The topological polar surface area (TPSA) is 42.4 Å². The highest BCUT2D eigenvalue weighted by molar-refractivity contribution is 7.10. The molecule has 92 valence electrons. The summed E-state index contributed by atoms with van der Waals surface area (Å²) in [6.07, 6.45) is 1.74. The highest BCUT2D eigenvalue weighted by Gasteiger charge is 2.17. The maximum absolute atomic E-state index is 5.87. The van der Waals surface area contributed by atoms with E-state index in [-0.39, 0.29) is 6.04 Å². The van der Waals surface area contributed by atoms with Gasteiger partial charge in [-0.1, -0.05) is 6.07 Å². The molecule has 0 aromatic carbocycles. The molecule has 17 heavy (non-hydrogen) atoms. The van der Waals surface area contributed by atoms with E-state index >= 15 is 0 Å². The molecule has 2 aromatic heterocycles. The van der Waals surface area contributed by atoms with Gasteiger partial charge in [-0.25, -0.2) is 0 Å². The second kappa shape index (κ2) is 5.49. The first-order valence-corrected chi connectivity index (χ1v) is 6.57. The Kier molecular flexibility index (Phi) is 3.99. The van der Waals surface area contributed by atoms with E-state index in [9.17, 15) is 0 Å². The maximum atomic E-state index is 5.87. The largest absolute Gasteiger partial charge is 0.469 e. The van der Waals surface area contributed by atoms with E-state index in [0.717, 1.165) is 12.3 Å². The molecular formula is C13H18N2OS. The molecule has 0 spiro atoms. The molecule has 0 saturated carbocycles. The molecule has 0 fully saturated rings. The first-order valence-electron chi connectivity index (χ1n) is 5.69. The first kappa shape index (κ1) is 12.4. The van der Waals surface area contributed by atoms with Gasteiger partial charge in [-0.2, -0.15) is 0 Å². The van der Waals surface area contributed by atoms with E-state index in [0.29, 0.717) is 6.54 Å². The Labute approximate surface area is 106 Å². The Hall–Kier alpha value is -1.10. The third-order valence-corrected chi connectivity index (χ3v) is 3.99. The van der Waals surface area contributed by atoms with E-state index < -0.39 is 0 Å². The van der Waals surface area contributed by atoms with Crippen molar-refractivity contribution < 1.29 is 4.42 Å². The van der Waals surface area contributed by atoms with Crippen LogP contribution >= 0.6 is 11.3 Å². The number of thiophene rings is 1. The lowest BCUT2D eigenvalue weighted by Gasteiger charge is -2.25. The Morgan fingerprint density at radius 1 is 1.47 bits per heavy atom. The average Bonchev–Trinajstić information content (AvgIpc) is 2.93. The molecule has 3 nitrogen and oxygen atoms in total. The zero-order chi connectivity index (χ0) is 12.3. The summed E-state index contributed by atoms with van der Waals surface area (Å²) in [5.74, 6) is 0.985. The van der Waals surface area contributed by atoms with Crippen LogP contribution in [0.3, 0.4) is 0 Å². The minimum absolute atomic E-state index is 0.282. The molecule has 2 rings (SSSR count). The lowest BCUT2D eigenvalue weighted by molar-refractivity contribution is 0.243. The quantitative estimate of drug-likeness (QED) is 0.887. The van der Waals surface area contributed by atoms with Crippen LogP contribution in [0.5, 0.6) is 0 Å². The number of aryl methyl sites for hydroxylation is 1. The number of rotatable bonds is 5. The van der Waals surface area contributed by atoms with E-state index in [4.69, 9.17) is 10.2 Å². The van der Waals surface area contributed by atoms with Crippen molar-refractivity contribution in [1.29, 1.82) is 0 Å². The second-order valence-electron chi connectivity index (χ2n) is 4.18. The fraction of sp³-hybridized carbons (Fsp3) is 0.385. The molecule has 0 aliphatic heterocycles. The highest BCUT2D eigenvalue weighted by atomic mass is 32.1. The van der Waals surface area contributed by atoms with Crippen molar-refractivity contribution in [1.82, 2.24) is 4.90 Å². The van der Waals surface area contributed by atoms with Crippen LogP contribution in [0.25, 0.3) is 0 Å². The highest BCUT2D eigenvalue weighted by Crippen LogP contribution is 2.25. The van der Waals surface area contributed by atoms with Gasteiger partial charge < -0.3 is 10.2 Å². The molecule has 0 saturated heterocycles. The Morgan fingerprint density at radius 2 is 2.29 bits per heavy atom. The van der Waals surface area contributed by atoms with Gasteiger partial charge in [0.25, 0.3) is 0 Å². The number of hydrogen-bond donors (Lipinski definition) is 1. The molecule has 0 amide bonds. The van der Waals surface area contributed by atoms with Crippen molar-refractivity contribution in [3.8, 4) is 0 Å². The number of furan rings is 1. The van der Waals surface area contributed by atoms with Gasteiger partial charge in [0.15, 0.2) is 0 Å². The fourth-order valence-corrected chi connectivity index (χ4v) is 2.85. The van der Waals surface area contributed by atoms with E-state index in [1.807, 2.05) is 13.0 Å². The SMILES string of the molecule is Cc1occc1CN(C)C(CN)c1cccs1. The van der Waals surface area contributed by atoms with Crippen LogP contribution in [0.1, 0.15) is 22.2 Å². The smallest absolute Gasteiger partial charge is 0.105 e. The molecule has 2 N–H and O–H groups in total. The summed E-state index contributed by atoms with van der Waals surface area (Å²) >= 11 is 1.76. The van der Waals surface area contributed by atoms with Crippen molar-refractivity contribution in [2.45, 2.75) is 19.5 Å². The molecule has 2 aromatic rings. The molecular weight excluding hydrogens is 232 g/mol. The van der Waals surface area contributed by atoms with Crippen molar-refractivity contribution in [3.63, 3.8) is 0 Å². The minimum atomic E-state index is 0.282. The summed E-state index contributed by atoms with van der Waals surface area (Å²) in [4.78, 5) is 3.58. The number of nitrogens with zero attached hydrogens (tertiary/aromatic N) is 1. The monoisotopic (exact) mass is 250 g/mol. The predicted octanol–water partition coefficient (Wildman–Crippen LogP) is 2.78. The van der Waals surface area contributed by atoms with Crippen molar-refractivity contribution in [3.05, 3.63) is 46.0 Å². The van der Waals surface area contributed by atoms with Gasteiger partial charge in [0.2, 0.25) is 0 Å². The van der Waals surface area contributed by atoms with Crippen LogP contribution in [0.15, 0.2) is 34.3 Å². The third-order valence-electron chi connectivity index (χ3n) is 3.01. The van der Waals surface area contributed by atoms with Gasteiger partial charge in [0.05, 0.1) is 12.3 Å². The Balaban J connectivity index is 2.08. The third kappa shape index (κ3) is 2.77. The molecule has 4 heteroatoms. The normalized spacial score (nSPS) is 13.2. The van der Waals surface area contributed by atoms with Gasteiger partial charge in [-0.3, -0.25) is 4.90 Å². The van der Waals surface area contributed by atoms with E-state index in [2.05, 4.69) is 29.5 Å². The molecule has 0 aliphatic carbocycles. The molecule has 0 radical (unpaired) electrons. The molecule has 1 atom stereocenters. The fourth-order valence-electron chi connectivity index (χ4n) is 1.95. The Bertz CT molecular complexity index is 450. The van der Waals surface area contributed by atoms with Gasteiger partial charge in [-0.05, 0) is 31.5 Å². The van der Waals surface area contributed by atoms with Gasteiger partial charge >= 0.3 is 0 Å². The summed E-state index contributed by atoms with van der Waals surface area (Å²) in [6, 6.07) is 6.51. The van der Waals surface area contributed by atoms with Gasteiger partial charge in [0.1, 0.15) is 5.76 Å². The molecule has 2 heterocycles. The van der Waals surface area contributed by atoms with Gasteiger partial charge in [0, 0.05) is 23.5 Å². The minimum Gasteiger partial charge on any atom is -0.469 e. The predicted molar refractivity (Wildman–Crippen MR) is 71.0 cm³/mol. The summed E-state index contributed by atoms with van der Waals surface area (Å²) in [7, 11) is 2.10. The van der Waals surface area contributed by atoms with Crippen LogP contribution in [0, 0.1) is 6.92 Å². The maximum Gasteiger partial charge on any atom is 0.105 e. The number of hydrogen-bond acceptors (Lipinski definition) is 4. The first-order chi connectivity index (χ1) is 8.22. The summed E-state index contributed by atoms with van der Waals surface area (Å²) < 4.78 is 5.31. The van der Waals surface area contributed by atoms with E-state index in [1.54, 1.807) is 17.6 Å². The van der Waals surface area contributed by atoms with Crippen LogP contribution < -0.4 is 5.73 Å². The summed E-state index contributed by atoms with van der Waals surface area (Å²) in [5.41, 5.74) is 7.10. The lowest BCUT2D eigenvalue weighted by atomic mass is 10.2. The van der Waals surface area contributed by atoms with Gasteiger partial charge in [-0.15, -0.1) is 11.3 Å². The van der Waals surface area contributed by atoms with Crippen LogP contribution in [0.2, 0.25) is 0 Å². The molecule has 0 bridgehead atoms. The van der Waals surface area contributed by atoms with Crippen molar-refractivity contribution in [2.75, 3.05) is 13.6 Å². The van der Waals surface area contributed by atoms with Crippen molar-refractivity contribution in [2.24, 2.45) is 5.73 Å². The summed E-state index contributed by atoms with van der Waals surface area (Å²) in [6.45, 7) is 3.49. The number of nitrogens with two attached hydrogens (primary N) is 1. The van der Waals surface area contributed by atoms with Crippen LogP contribution in [-0.4, -0.2) is 18.5 Å². The molecule has 0 aliphatic rings. The Morgan fingerprint density at radius 3 is 2.82 bits per heavy atom. The summed E-state index contributed by atoms with van der Waals surface area (Å²) in [5, 5.41) is 2.09. The molecule has 1 unspecified atom stereocenters.